The first kappa shape index (κ1) is 94.2. The second-order valence-electron chi connectivity index (χ2n) is 51.0. The third kappa shape index (κ3) is 24.3. The van der Waals surface area contributed by atoms with Crippen LogP contribution in [0, 0.1) is 201 Å². The minimum absolute atomic E-state index is 0.161. The predicted octanol–water partition coefficient (Wildman–Crippen LogP) is 24.2. The summed E-state index contributed by atoms with van der Waals surface area (Å²) in [5.74, 6) is 20.2. The summed E-state index contributed by atoms with van der Waals surface area (Å²) in [5, 5.41) is 0. The predicted molar refractivity (Wildman–Crippen MR) is 515 cm³/mol. The lowest BCUT2D eigenvalue weighted by Gasteiger charge is -2.48. The Morgan fingerprint density at radius 2 is 0.294 bits per heavy atom. The molecular formula is C108H176O12S6. The molecule has 126 heavy (non-hydrogen) atoms. The Kier molecular flexibility index (Phi) is 30.4. The van der Waals surface area contributed by atoms with Crippen LogP contribution in [0.1, 0.15) is 372 Å². The first-order valence-electron chi connectivity index (χ1n) is 55.1. The molecule has 0 amide bonds. The van der Waals surface area contributed by atoms with Gasteiger partial charge in [-0.15, -0.1) is 0 Å². The van der Waals surface area contributed by atoms with E-state index in [1.165, 1.54) is 82.6 Å². The van der Waals surface area contributed by atoms with Gasteiger partial charge in [-0.3, -0.25) is 0 Å². The van der Waals surface area contributed by atoms with E-state index < -0.39 is 59.0 Å². The number of hydrogen-bond donors (Lipinski definition) is 0. The molecule has 39 fully saturated rings. The van der Waals surface area contributed by atoms with Crippen LogP contribution < -0.4 is 0 Å². The van der Waals surface area contributed by atoms with Crippen molar-refractivity contribution in [2.75, 3.05) is 69.0 Å². The molecule has 56 rings (SSSR count). The molecule has 0 aromatic carbocycles. The zero-order valence-corrected chi connectivity index (χ0v) is 83.5. The molecule has 0 aromatic rings. The van der Waals surface area contributed by atoms with Gasteiger partial charge in [0, 0.05) is 0 Å². The van der Waals surface area contributed by atoms with Crippen molar-refractivity contribution >= 4 is 59.0 Å². The van der Waals surface area contributed by atoms with Gasteiger partial charge in [0.1, 0.15) is 0 Å². The number of hydrogen-bond acceptors (Lipinski definition) is 12. The molecule has 0 aromatic heterocycles. The summed E-state index contributed by atoms with van der Waals surface area (Å²) >= 11 is 0. The van der Waals surface area contributed by atoms with Crippen LogP contribution in [0.25, 0.3) is 0 Å². The fraction of sp³-hybridized carbons (Fsp3) is 0.963. The fourth-order valence-electron chi connectivity index (χ4n) is 36.2. The van der Waals surface area contributed by atoms with Crippen molar-refractivity contribution in [1.29, 1.82) is 0 Å². The summed E-state index contributed by atoms with van der Waals surface area (Å²) in [6, 6.07) is 0. The van der Waals surface area contributed by atoms with Crippen molar-refractivity contribution in [3.05, 3.63) is 23.3 Å². The van der Waals surface area contributed by atoms with E-state index in [1.54, 1.807) is 0 Å². The zero-order chi connectivity index (χ0) is 86.7. The SMILES string of the molecule is O=S1(=O)CC2=CC=C(CC2)C2CC3C[C@H](C2)C2CCC(CC2)CS(=O)(=O)CC2CCC(CC2)C2CC4C[C@H](C2)C2CCC(CC2)CS(=O)(=O)CC2CCC(CC2)[C@H]2CC(C[C@H](C2)C2CCC(CC2)CS(=O)(=O)CC2CCC(CC2)C2CC(CC(C2)C2CCC(CC2)CS(=O)(=O)CC2CCC4CC2)C2CCC(CC2)C1)C1CCC(CC1)CS(=O)(=O)CC1CCC3CC1. The molecule has 40 aliphatic heterocycles. The number of allylic oxidation sites excluding steroid dienone is 3. The van der Waals surface area contributed by atoms with Crippen LogP contribution in [0.4, 0.5) is 0 Å². The molecule has 16 aliphatic carbocycles. The molecule has 24 saturated heterocycles. The van der Waals surface area contributed by atoms with Gasteiger partial charge in [-0.2, -0.15) is 0 Å². The Hall–Kier alpha value is -0.820. The first-order chi connectivity index (χ1) is 60.5. The highest BCUT2D eigenvalue weighted by atomic mass is 32.2. The summed E-state index contributed by atoms with van der Waals surface area (Å²) in [5.41, 5.74) is 2.59. The van der Waals surface area contributed by atoms with E-state index in [2.05, 4.69) is 12.2 Å². The third-order valence-corrected chi connectivity index (χ3v) is 54.5. The number of rotatable bonds is 0. The molecule has 36 bridgehead atoms. The van der Waals surface area contributed by atoms with Crippen LogP contribution >= 0.6 is 0 Å². The van der Waals surface area contributed by atoms with Gasteiger partial charge in [0.05, 0.1) is 69.0 Å². The normalized spacial score (nSPS) is 48.1. The fourth-order valence-corrected chi connectivity index (χ4v) is 49.4. The van der Waals surface area contributed by atoms with Gasteiger partial charge in [0.2, 0.25) is 0 Å². The lowest BCUT2D eigenvalue weighted by atomic mass is 9.58. The average molecular weight is 1860 g/mol. The van der Waals surface area contributed by atoms with Gasteiger partial charge < -0.3 is 0 Å². The minimum Gasteiger partial charge on any atom is -0.229 e. The van der Waals surface area contributed by atoms with Crippen LogP contribution in [0.15, 0.2) is 23.3 Å². The van der Waals surface area contributed by atoms with Gasteiger partial charge in [-0.1, -0.05) is 23.3 Å². The molecule has 15 saturated carbocycles. The van der Waals surface area contributed by atoms with Crippen molar-refractivity contribution in [2.24, 2.45) is 201 Å². The lowest BCUT2D eigenvalue weighted by molar-refractivity contribution is 0.0345. The molecule has 18 heteroatoms. The average Bonchev–Trinajstić information content (AvgIpc) is 0.801. The summed E-state index contributed by atoms with van der Waals surface area (Å²) in [4.78, 5) is 0. The molecule has 40 heterocycles. The van der Waals surface area contributed by atoms with E-state index in [9.17, 15) is 50.5 Å². The third-order valence-electron chi connectivity index (χ3n) is 43.0. The molecule has 0 N–H and O–H groups in total. The maximum Gasteiger partial charge on any atom is 0.154 e. The van der Waals surface area contributed by atoms with Crippen LogP contribution in [0.5, 0.6) is 0 Å². The standard InChI is InChI=1S/C108H176O12S6/c109-121(110)61-73-1-25-85(26-2-73)97-49-98-51-99(50-97)87-31-7-76(8-32-87)64-123(113,114)66-78-15-39-92(40-16-78)104-56-106-60-108(58-104)96-47-23-84(24-48-96)72-126(119,120)71-83-21-45-95(46-22-83)107-57-103(91-37-13-77(14-38-91)65-122(111,112)63-75-5-29-86(98)30-6-75)55-105(59-107)93-41-17-81(18-42-93)69-124(115,116)67-79-9-33-89(34-10-79)101-52-100(88-27-3-74(62-121)4-28-88)53-102(54-101)90-35-11-80(12-36-90)68-125(117,118)70-82-19-43-94(106)44-20-82/h1,25,74-84,86-108H,2-24,26-72H2/t74?,75?,76?,77?,78?,79?,80?,81?,82?,83?,84?,86?,87?,88?,89?,90?,91?,92?,93?,94?,95?,96?,97?,98-,99?,100?,101?,102?,103?,104?,105?,106+,107-,108-/m0/s1. The highest BCUT2D eigenvalue weighted by Crippen LogP contribution is 2.59. The van der Waals surface area contributed by atoms with E-state index in [0.29, 0.717) is 194 Å². The molecule has 12 nitrogen and oxygen atoms in total. The maximum atomic E-state index is 14.7. The second kappa shape index (κ2) is 40.7. The molecule has 56 aliphatic rings. The van der Waals surface area contributed by atoms with Crippen LogP contribution in [-0.4, -0.2) is 120 Å². The molecule has 716 valence electrons. The lowest BCUT2D eigenvalue weighted by Crippen LogP contribution is -2.39. The Labute approximate surface area is 769 Å². The number of sulfone groups is 6. The Balaban J connectivity index is 0.620. The van der Waals surface area contributed by atoms with Crippen molar-refractivity contribution in [1.82, 2.24) is 0 Å². The first-order valence-corrected chi connectivity index (χ1v) is 66.1. The van der Waals surface area contributed by atoms with Crippen molar-refractivity contribution in [3.8, 4) is 0 Å². The van der Waals surface area contributed by atoms with E-state index in [-0.39, 0.29) is 76.6 Å². The molecule has 8 unspecified atom stereocenters. The van der Waals surface area contributed by atoms with E-state index in [0.717, 1.165) is 301 Å². The summed E-state index contributed by atoms with van der Waals surface area (Å²) in [6.45, 7) is 0. The van der Waals surface area contributed by atoms with Crippen molar-refractivity contribution < 1.29 is 50.5 Å². The van der Waals surface area contributed by atoms with Gasteiger partial charge >= 0.3 is 0 Å². The zero-order valence-electron chi connectivity index (χ0n) is 78.6. The van der Waals surface area contributed by atoms with Gasteiger partial charge in [-0.05, 0) is 574 Å². The van der Waals surface area contributed by atoms with Crippen molar-refractivity contribution in [3.63, 3.8) is 0 Å². The quantitative estimate of drug-likeness (QED) is 0.222. The van der Waals surface area contributed by atoms with Crippen LogP contribution in [0.3, 0.4) is 0 Å². The maximum absolute atomic E-state index is 14.7. The van der Waals surface area contributed by atoms with E-state index in [4.69, 9.17) is 0 Å². The van der Waals surface area contributed by atoms with Gasteiger partial charge in [0.25, 0.3) is 0 Å². The van der Waals surface area contributed by atoms with Crippen LogP contribution in [0.2, 0.25) is 0 Å². The highest BCUT2D eigenvalue weighted by molar-refractivity contribution is 7.92. The summed E-state index contributed by atoms with van der Waals surface area (Å²) in [7, 11) is -19.6. The van der Waals surface area contributed by atoms with Crippen molar-refractivity contribution in [2.45, 2.75) is 372 Å². The molecule has 0 radical (unpaired) electrons. The Morgan fingerprint density at radius 1 is 0.151 bits per heavy atom. The highest BCUT2D eigenvalue weighted by Gasteiger charge is 2.50. The van der Waals surface area contributed by atoms with E-state index >= 15 is 0 Å². The molecule has 0 spiro atoms. The smallest absolute Gasteiger partial charge is 0.154 e. The Morgan fingerprint density at radius 3 is 0.437 bits per heavy atom. The van der Waals surface area contributed by atoms with Crippen LogP contribution in [-0.2, 0) is 59.0 Å². The molecular weight excluding hydrogens is 1680 g/mol. The summed E-state index contributed by atoms with van der Waals surface area (Å²) in [6.07, 6.45) is 68.1. The topological polar surface area (TPSA) is 205 Å². The van der Waals surface area contributed by atoms with E-state index in [1.807, 2.05) is 0 Å². The minimum atomic E-state index is -3.34. The molecule has 12 atom stereocenters. The van der Waals surface area contributed by atoms with Gasteiger partial charge in [0.15, 0.2) is 59.0 Å². The summed E-state index contributed by atoms with van der Waals surface area (Å²) < 4.78 is 176. The largest absolute Gasteiger partial charge is 0.229 e. The van der Waals surface area contributed by atoms with Gasteiger partial charge in [-0.25, -0.2) is 50.5 Å². The Bertz CT molecular complexity index is 4100. The second-order valence-corrected chi connectivity index (χ2v) is 63.9. The monoisotopic (exact) mass is 1860 g/mol.